The van der Waals surface area contributed by atoms with E-state index in [4.69, 9.17) is 11.6 Å². The highest BCUT2D eigenvalue weighted by Crippen LogP contribution is 2.38. The van der Waals surface area contributed by atoms with Gasteiger partial charge in [0.15, 0.2) is 5.82 Å². The molecule has 0 N–H and O–H groups in total. The van der Waals surface area contributed by atoms with Crippen LogP contribution in [-0.2, 0) is 6.18 Å². The van der Waals surface area contributed by atoms with Crippen molar-refractivity contribution in [3.8, 4) is 5.82 Å². The van der Waals surface area contributed by atoms with Crippen molar-refractivity contribution in [2.45, 2.75) is 19.1 Å². The summed E-state index contributed by atoms with van der Waals surface area (Å²) in [5, 5.41) is 7.59. The van der Waals surface area contributed by atoms with Gasteiger partial charge in [0.1, 0.15) is 5.69 Å². The Labute approximate surface area is 168 Å². The molecule has 6 nitrogen and oxygen atoms in total. The number of hydrogen-bond acceptors (Lipinski definition) is 4. The van der Waals surface area contributed by atoms with Gasteiger partial charge in [-0.15, -0.1) is 5.10 Å². The summed E-state index contributed by atoms with van der Waals surface area (Å²) in [6, 6.07) is 8.02. The molecule has 0 fully saturated rings. The van der Waals surface area contributed by atoms with Crippen LogP contribution in [0.15, 0.2) is 48.8 Å². The van der Waals surface area contributed by atoms with Gasteiger partial charge in [-0.3, -0.25) is 4.79 Å². The van der Waals surface area contributed by atoms with Gasteiger partial charge in [0.05, 0.1) is 27.9 Å². The summed E-state index contributed by atoms with van der Waals surface area (Å²) in [6.07, 6.45) is 0.0538. The van der Waals surface area contributed by atoms with Crippen molar-refractivity contribution >= 4 is 23.6 Å². The van der Waals surface area contributed by atoms with Gasteiger partial charge in [0, 0.05) is 12.4 Å². The van der Waals surface area contributed by atoms with Crippen molar-refractivity contribution in [1.82, 2.24) is 24.9 Å². The van der Waals surface area contributed by atoms with Crippen LogP contribution in [-0.4, -0.2) is 30.8 Å². The second-order valence-corrected chi connectivity index (χ2v) is 6.71. The molecule has 1 atom stereocenters. The number of rotatable bonds is 2. The van der Waals surface area contributed by atoms with Crippen LogP contribution >= 0.6 is 11.6 Å². The minimum absolute atomic E-state index is 0.237. The summed E-state index contributed by atoms with van der Waals surface area (Å²) >= 11 is 5.91. The number of carbonyl (C=O) groups is 1. The number of pyridine rings is 1. The highest BCUT2D eigenvalue weighted by atomic mass is 35.5. The van der Waals surface area contributed by atoms with Crippen LogP contribution in [0.3, 0.4) is 0 Å². The molecule has 0 aliphatic carbocycles. The van der Waals surface area contributed by atoms with E-state index in [-0.39, 0.29) is 5.56 Å². The Morgan fingerprint density at radius 2 is 1.97 bits per heavy atom. The Bertz CT molecular complexity index is 1110. The number of carbonyl (C=O) groups excluding carboxylic acids is 1. The number of benzene rings is 1. The lowest BCUT2D eigenvalue weighted by molar-refractivity contribution is -0.137. The maximum Gasteiger partial charge on any atom is 0.417 e. The topological polar surface area (TPSA) is 63.9 Å². The van der Waals surface area contributed by atoms with Gasteiger partial charge >= 0.3 is 6.18 Å². The predicted octanol–water partition coefficient (Wildman–Crippen LogP) is 4.52. The fraction of sp³-hybridized carbons (Fsp3) is 0.158. The van der Waals surface area contributed by atoms with Gasteiger partial charge in [-0.25, -0.2) is 4.98 Å². The van der Waals surface area contributed by atoms with Crippen molar-refractivity contribution in [2.75, 3.05) is 0 Å². The SMILES string of the molecule is CC1c2nnn(-c3ccccn3)c2C=CN1C(=O)c1cccc(C(F)(F)F)c1Cl. The molecule has 3 heterocycles. The maximum atomic E-state index is 13.1. The second-order valence-electron chi connectivity index (χ2n) is 6.33. The van der Waals surface area contributed by atoms with Gasteiger partial charge in [0.25, 0.3) is 5.91 Å². The lowest BCUT2D eigenvalue weighted by Crippen LogP contribution is -2.31. The fourth-order valence-corrected chi connectivity index (χ4v) is 3.43. The first-order valence-corrected chi connectivity index (χ1v) is 8.90. The van der Waals surface area contributed by atoms with Gasteiger partial charge in [-0.1, -0.05) is 28.9 Å². The van der Waals surface area contributed by atoms with Crippen molar-refractivity contribution in [2.24, 2.45) is 0 Å². The monoisotopic (exact) mass is 419 g/mol. The second kappa shape index (κ2) is 7.00. The molecule has 0 spiro atoms. The quantitative estimate of drug-likeness (QED) is 0.612. The summed E-state index contributed by atoms with van der Waals surface area (Å²) in [5.74, 6) is -0.110. The maximum absolute atomic E-state index is 13.1. The lowest BCUT2D eigenvalue weighted by Gasteiger charge is -2.28. The van der Waals surface area contributed by atoms with Crippen LogP contribution in [0.5, 0.6) is 0 Å². The predicted molar refractivity (Wildman–Crippen MR) is 99.2 cm³/mol. The van der Waals surface area contributed by atoms with Crippen molar-refractivity contribution in [1.29, 1.82) is 0 Å². The first kappa shape index (κ1) is 19.1. The zero-order valence-corrected chi connectivity index (χ0v) is 15.7. The van der Waals surface area contributed by atoms with E-state index in [1.807, 2.05) is 0 Å². The summed E-state index contributed by atoms with van der Waals surface area (Å²) in [4.78, 5) is 18.5. The average molecular weight is 420 g/mol. The number of halogens is 4. The molecule has 3 aromatic rings. The Morgan fingerprint density at radius 3 is 2.66 bits per heavy atom. The fourth-order valence-electron chi connectivity index (χ4n) is 3.11. The molecule has 0 radical (unpaired) electrons. The molecule has 1 unspecified atom stereocenters. The van der Waals surface area contributed by atoms with E-state index in [1.165, 1.54) is 21.8 Å². The van der Waals surface area contributed by atoms with Crippen LogP contribution in [0.1, 0.15) is 40.3 Å². The minimum atomic E-state index is -4.66. The number of alkyl halides is 3. The third-order valence-corrected chi connectivity index (χ3v) is 4.98. The minimum Gasteiger partial charge on any atom is -0.306 e. The molecule has 1 aliphatic heterocycles. The Balaban J connectivity index is 1.70. The molecule has 0 saturated heterocycles. The van der Waals surface area contributed by atoms with Crippen molar-refractivity contribution in [3.05, 3.63) is 76.3 Å². The first-order chi connectivity index (χ1) is 13.8. The van der Waals surface area contributed by atoms with E-state index in [0.717, 1.165) is 12.1 Å². The molecule has 0 bridgehead atoms. The van der Waals surface area contributed by atoms with Crippen LogP contribution in [0, 0.1) is 0 Å². The zero-order valence-electron chi connectivity index (χ0n) is 14.9. The van der Waals surface area contributed by atoms with Gasteiger partial charge < -0.3 is 4.90 Å². The van der Waals surface area contributed by atoms with Crippen molar-refractivity contribution < 1.29 is 18.0 Å². The molecule has 148 valence electrons. The van der Waals surface area contributed by atoms with Crippen molar-refractivity contribution in [3.63, 3.8) is 0 Å². The molecule has 29 heavy (non-hydrogen) atoms. The third kappa shape index (κ3) is 3.27. The largest absolute Gasteiger partial charge is 0.417 e. The standard InChI is InChI=1S/C19H13ClF3N5O/c1-11-17-14(28(26-25-17)15-7-2-3-9-24-15)8-10-27(11)18(29)12-5-4-6-13(16(12)20)19(21,22)23/h2-11H,1H3. The van der Waals surface area contributed by atoms with Gasteiger partial charge in [-0.05, 0) is 37.3 Å². The third-order valence-electron chi connectivity index (χ3n) is 4.57. The summed E-state index contributed by atoms with van der Waals surface area (Å²) in [7, 11) is 0. The van der Waals surface area contributed by atoms with E-state index in [0.29, 0.717) is 17.2 Å². The summed E-state index contributed by atoms with van der Waals surface area (Å²) in [6.45, 7) is 1.71. The molecule has 4 rings (SSSR count). The van der Waals surface area contributed by atoms with Gasteiger partial charge in [0.2, 0.25) is 0 Å². The average Bonchev–Trinajstić information content (AvgIpc) is 3.13. The number of hydrogen-bond donors (Lipinski definition) is 0. The molecular weight excluding hydrogens is 407 g/mol. The van der Waals surface area contributed by atoms with Crippen LogP contribution in [0.25, 0.3) is 11.9 Å². The Morgan fingerprint density at radius 1 is 1.17 bits per heavy atom. The smallest absolute Gasteiger partial charge is 0.306 e. The van der Waals surface area contributed by atoms with Crippen LogP contribution < -0.4 is 0 Å². The molecule has 2 aromatic heterocycles. The number of amides is 1. The van der Waals surface area contributed by atoms with E-state index in [1.54, 1.807) is 37.4 Å². The number of fused-ring (bicyclic) bond motifs is 1. The highest BCUT2D eigenvalue weighted by Gasteiger charge is 2.36. The normalized spacial score (nSPS) is 16.0. The van der Waals surface area contributed by atoms with Crippen LogP contribution in [0.2, 0.25) is 5.02 Å². The van der Waals surface area contributed by atoms with Gasteiger partial charge in [-0.2, -0.15) is 17.9 Å². The lowest BCUT2D eigenvalue weighted by atomic mass is 10.0. The van der Waals surface area contributed by atoms with E-state index < -0.39 is 28.7 Å². The number of nitrogens with zero attached hydrogens (tertiary/aromatic N) is 5. The Kier molecular flexibility index (Phi) is 4.62. The molecule has 1 aliphatic rings. The molecule has 10 heteroatoms. The molecule has 1 aromatic carbocycles. The summed E-state index contributed by atoms with van der Waals surface area (Å²) < 4.78 is 40.9. The van der Waals surface area contributed by atoms with E-state index in [9.17, 15) is 18.0 Å². The Hall–Kier alpha value is -3.20. The molecular formula is C19H13ClF3N5O. The molecule has 1 amide bonds. The first-order valence-electron chi connectivity index (χ1n) is 8.52. The molecule has 0 saturated carbocycles. The number of aromatic nitrogens is 4. The highest BCUT2D eigenvalue weighted by molar-refractivity contribution is 6.34. The summed E-state index contributed by atoms with van der Waals surface area (Å²) in [5.41, 5.74) is -0.163. The van der Waals surface area contributed by atoms with E-state index >= 15 is 0 Å². The zero-order chi connectivity index (χ0) is 20.8. The van der Waals surface area contributed by atoms with E-state index in [2.05, 4.69) is 15.3 Å². The van der Waals surface area contributed by atoms with Crippen LogP contribution in [0.4, 0.5) is 13.2 Å².